The largest absolute Gasteiger partial charge is 0.494 e. The van der Waals surface area contributed by atoms with Crippen molar-refractivity contribution in [3.63, 3.8) is 0 Å². The average Bonchev–Trinajstić information content (AvgIpc) is 2.89. The number of ether oxygens (including phenoxy) is 3. The molecule has 0 saturated carbocycles. The van der Waals surface area contributed by atoms with Gasteiger partial charge in [-0.3, -0.25) is 34.6 Å². The number of azo groups is 1. The molecule has 2 aromatic carbocycles. The molecular weight excluding hydrogens is 546 g/mol. The zero-order valence-electron chi connectivity index (χ0n) is 22.4. The van der Waals surface area contributed by atoms with Gasteiger partial charge in [-0.2, -0.15) is 5.26 Å². The van der Waals surface area contributed by atoms with Crippen molar-refractivity contribution in [2.24, 2.45) is 10.2 Å². The number of nitriles is 1. The van der Waals surface area contributed by atoms with Gasteiger partial charge >= 0.3 is 17.6 Å². The lowest BCUT2D eigenvalue weighted by atomic mass is 10.1. The van der Waals surface area contributed by atoms with Gasteiger partial charge in [0.15, 0.2) is 5.69 Å². The fraction of sp³-hybridized carbons (Fsp3) is 0.333. The molecule has 1 amide bonds. The highest BCUT2D eigenvalue weighted by Crippen LogP contribution is 2.41. The number of nitro groups is 2. The van der Waals surface area contributed by atoms with E-state index in [1.807, 2.05) is 0 Å². The number of benzene rings is 2. The molecule has 0 bridgehead atoms. The van der Waals surface area contributed by atoms with E-state index in [0.717, 1.165) is 6.07 Å². The monoisotopic (exact) mass is 571 g/mol. The first-order valence-electron chi connectivity index (χ1n) is 11.7. The van der Waals surface area contributed by atoms with Gasteiger partial charge in [0.25, 0.3) is 5.69 Å². The summed E-state index contributed by atoms with van der Waals surface area (Å²) in [6.07, 6.45) is 0. The van der Waals surface area contributed by atoms with Crippen LogP contribution in [-0.4, -0.2) is 61.1 Å². The zero-order valence-corrected chi connectivity index (χ0v) is 22.4. The van der Waals surface area contributed by atoms with Gasteiger partial charge in [0.05, 0.1) is 53.1 Å². The molecule has 0 radical (unpaired) electrons. The van der Waals surface area contributed by atoms with E-state index in [0.29, 0.717) is 11.8 Å². The summed E-state index contributed by atoms with van der Waals surface area (Å²) in [4.78, 5) is 57.1. The number of amides is 1. The Labute approximate surface area is 232 Å². The van der Waals surface area contributed by atoms with Gasteiger partial charge in [0.2, 0.25) is 5.91 Å². The number of carbonyl (C=O) groups excluding carboxylic acids is 3. The van der Waals surface area contributed by atoms with Crippen LogP contribution in [-0.2, 0) is 23.9 Å². The van der Waals surface area contributed by atoms with Crippen LogP contribution in [0, 0.1) is 31.6 Å². The number of non-ortho nitro benzene ring substituents is 1. The second-order valence-electron chi connectivity index (χ2n) is 8.08. The maximum absolute atomic E-state index is 12.0. The van der Waals surface area contributed by atoms with Crippen LogP contribution in [0.15, 0.2) is 34.5 Å². The zero-order chi connectivity index (χ0) is 30.7. The first kappa shape index (κ1) is 31.6. The Bertz CT molecular complexity index is 1410. The lowest BCUT2D eigenvalue weighted by molar-refractivity contribution is -0.393. The molecule has 0 heterocycles. The number of nitrogens with one attached hydrogen (secondary N) is 1. The highest BCUT2D eigenvalue weighted by molar-refractivity contribution is 5.94. The van der Waals surface area contributed by atoms with E-state index in [4.69, 9.17) is 14.2 Å². The predicted octanol–water partition coefficient (Wildman–Crippen LogP) is 3.69. The first-order chi connectivity index (χ1) is 19.4. The van der Waals surface area contributed by atoms with Crippen molar-refractivity contribution < 1.29 is 38.4 Å². The molecule has 0 saturated heterocycles. The van der Waals surface area contributed by atoms with Crippen LogP contribution in [0.5, 0.6) is 5.75 Å². The minimum atomic E-state index is -0.940. The van der Waals surface area contributed by atoms with Crippen molar-refractivity contribution in [1.82, 2.24) is 0 Å². The molecule has 0 unspecified atom stereocenters. The Morgan fingerprint density at radius 1 is 0.976 bits per heavy atom. The highest BCUT2D eigenvalue weighted by Gasteiger charge is 2.25. The number of nitrogens with zero attached hydrogens (tertiary/aromatic N) is 6. The molecule has 0 aliphatic carbocycles. The fourth-order valence-electron chi connectivity index (χ4n) is 3.44. The maximum Gasteiger partial charge on any atom is 0.304 e. The smallest absolute Gasteiger partial charge is 0.304 e. The van der Waals surface area contributed by atoms with Gasteiger partial charge in [-0.05, 0) is 6.07 Å². The Balaban J connectivity index is 2.66. The Kier molecular flexibility index (Phi) is 11.1. The van der Waals surface area contributed by atoms with Crippen LogP contribution >= 0.6 is 0 Å². The third kappa shape index (κ3) is 8.95. The molecule has 0 spiro atoms. The highest BCUT2D eigenvalue weighted by atomic mass is 16.6. The van der Waals surface area contributed by atoms with Crippen LogP contribution < -0.4 is 15.0 Å². The quantitative estimate of drug-likeness (QED) is 0.157. The second kappa shape index (κ2) is 14.5. The molecule has 17 nitrogen and oxygen atoms in total. The molecule has 2 rings (SSSR count). The topological polar surface area (TPSA) is 229 Å². The molecule has 0 aliphatic heterocycles. The summed E-state index contributed by atoms with van der Waals surface area (Å²) < 4.78 is 15.5. The van der Waals surface area contributed by atoms with E-state index < -0.39 is 50.3 Å². The minimum Gasteiger partial charge on any atom is -0.494 e. The second-order valence-corrected chi connectivity index (χ2v) is 8.08. The molecule has 17 heteroatoms. The van der Waals surface area contributed by atoms with Crippen LogP contribution in [0.2, 0.25) is 0 Å². The number of hydrogen-bond donors (Lipinski definition) is 1. The number of anilines is 2. The van der Waals surface area contributed by atoms with Gasteiger partial charge in [0, 0.05) is 32.9 Å². The van der Waals surface area contributed by atoms with Crippen molar-refractivity contribution in [2.75, 3.05) is 43.6 Å². The lowest BCUT2D eigenvalue weighted by Gasteiger charge is -2.27. The molecule has 0 aromatic heterocycles. The van der Waals surface area contributed by atoms with Gasteiger partial charge in [0.1, 0.15) is 30.7 Å². The number of methoxy groups -OCH3 is 1. The van der Waals surface area contributed by atoms with E-state index in [-0.39, 0.29) is 43.4 Å². The van der Waals surface area contributed by atoms with E-state index in [1.165, 1.54) is 40.0 Å². The molecule has 0 aliphatic rings. The molecule has 1 N–H and O–H groups in total. The van der Waals surface area contributed by atoms with Crippen molar-refractivity contribution in [2.45, 2.75) is 20.8 Å². The van der Waals surface area contributed by atoms with Gasteiger partial charge in [-0.25, -0.2) is 0 Å². The van der Waals surface area contributed by atoms with E-state index in [9.17, 15) is 39.9 Å². The van der Waals surface area contributed by atoms with Crippen LogP contribution in [0.4, 0.5) is 34.1 Å². The summed E-state index contributed by atoms with van der Waals surface area (Å²) in [6, 6.07) is 5.90. The summed E-state index contributed by atoms with van der Waals surface area (Å²) in [5.74, 6) is -1.35. The summed E-state index contributed by atoms with van der Waals surface area (Å²) >= 11 is 0. The third-order valence-corrected chi connectivity index (χ3v) is 5.14. The SMILES string of the molecule is COc1cc(/N=N/c2c(C#N)cc([N+](=O)[O-])cc2[N+](=O)[O-])c(NC(C)=O)cc1N(CCOC(C)=O)CCOC(C)=O. The molecular formula is C24H25N7O10. The molecule has 0 atom stereocenters. The van der Waals surface area contributed by atoms with E-state index in [1.54, 1.807) is 11.0 Å². The number of hydrogen-bond acceptors (Lipinski definition) is 14. The molecule has 216 valence electrons. The lowest BCUT2D eigenvalue weighted by Crippen LogP contribution is -2.32. The normalized spacial score (nSPS) is 10.4. The standard InChI is InChI=1S/C24H25N7O10/c1-14(32)26-19-11-21(29(5-7-40-15(2)33)6-8-41-16(3)34)23(39-4)12-20(19)27-28-24-17(13-25)9-18(30(35)36)10-22(24)31(37)38/h9-12H,5-8H2,1-4H3,(H,26,32)/b28-27+. The van der Waals surface area contributed by atoms with Crippen molar-refractivity contribution >= 4 is 52.0 Å². The first-order valence-corrected chi connectivity index (χ1v) is 11.7. The molecule has 41 heavy (non-hydrogen) atoms. The van der Waals surface area contributed by atoms with Crippen LogP contribution in [0.25, 0.3) is 0 Å². The van der Waals surface area contributed by atoms with Crippen LogP contribution in [0.3, 0.4) is 0 Å². The van der Waals surface area contributed by atoms with Gasteiger partial charge in [-0.15, -0.1) is 10.2 Å². The molecule has 2 aromatic rings. The summed E-state index contributed by atoms with van der Waals surface area (Å²) in [5.41, 5.74) is -2.12. The van der Waals surface area contributed by atoms with Gasteiger partial charge in [-0.1, -0.05) is 0 Å². The van der Waals surface area contributed by atoms with Crippen LogP contribution in [0.1, 0.15) is 26.3 Å². The number of nitro benzene ring substituents is 2. The summed E-state index contributed by atoms with van der Waals surface area (Å²) in [6.45, 7) is 3.92. The third-order valence-electron chi connectivity index (χ3n) is 5.14. The number of rotatable bonds is 13. The Hall–Kier alpha value is -5.66. The van der Waals surface area contributed by atoms with Crippen molar-refractivity contribution in [3.05, 3.63) is 50.1 Å². The predicted molar refractivity (Wildman–Crippen MR) is 141 cm³/mol. The summed E-state index contributed by atoms with van der Waals surface area (Å²) in [7, 11) is 1.34. The maximum atomic E-state index is 12.0. The minimum absolute atomic E-state index is 0.0315. The Morgan fingerprint density at radius 3 is 2.05 bits per heavy atom. The molecule has 0 fully saturated rings. The average molecular weight is 572 g/mol. The van der Waals surface area contributed by atoms with Gasteiger partial charge < -0.3 is 24.4 Å². The van der Waals surface area contributed by atoms with Crippen molar-refractivity contribution in [1.29, 1.82) is 5.26 Å². The number of esters is 2. The number of carbonyl (C=O) groups is 3. The Morgan fingerprint density at radius 2 is 1.59 bits per heavy atom. The summed E-state index contributed by atoms with van der Waals surface area (Å²) in [5, 5.41) is 42.6. The fourth-order valence-corrected chi connectivity index (χ4v) is 3.44. The van der Waals surface area contributed by atoms with Crippen molar-refractivity contribution in [3.8, 4) is 11.8 Å². The van der Waals surface area contributed by atoms with E-state index >= 15 is 0 Å². The van der Waals surface area contributed by atoms with E-state index in [2.05, 4.69) is 15.5 Å².